The number of hydrogen-bond acceptors (Lipinski definition) is 5. The van der Waals surface area contributed by atoms with Gasteiger partial charge in [-0.1, -0.05) is 13.8 Å². The molecule has 0 saturated carbocycles. The topological polar surface area (TPSA) is 75.7 Å². The first kappa shape index (κ1) is 24.0. The van der Waals surface area contributed by atoms with Crippen LogP contribution in [0.3, 0.4) is 0 Å². The number of benzene rings is 2. The van der Waals surface area contributed by atoms with E-state index in [2.05, 4.69) is 5.32 Å². The number of thioether (sulfide) groups is 1. The van der Waals surface area contributed by atoms with Gasteiger partial charge in [0, 0.05) is 29.3 Å². The predicted octanol–water partition coefficient (Wildman–Crippen LogP) is 4.47. The van der Waals surface area contributed by atoms with Gasteiger partial charge in [-0.25, -0.2) is 12.8 Å². The molecule has 0 bridgehead atoms. The van der Waals surface area contributed by atoms with E-state index in [1.807, 2.05) is 13.8 Å². The summed E-state index contributed by atoms with van der Waals surface area (Å²) in [6.07, 6.45) is 1.64. The van der Waals surface area contributed by atoms with Crippen molar-refractivity contribution < 1.29 is 22.3 Å². The van der Waals surface area contributed by atoms with Crippen LogP contribution in [0, 0.1) is 17.7 Å². The Hall–Kier alpha value is -2.10. The Morgan fingerprint density at radius 2 is 1.88 bits per heavy atom. The number of methoxy groups -OCH3 is 1. The molecule has 1 saturated heterocycles. The maximum absolute atomic E-state index is 13.8. The van der Waals surface area contributed by atoms with Crippen LogP contribution in [0.2, 0.25) is 0 Å². The number of nitrogens with one attached hydrogen (secondary N) is 1. The van der Waals surface area contributed by atoms with E-state index in [-0.39, 0.29) is 39.9 Å². The van der Waals surface area contributed by atoms with Gasteiger partial charge >= 0.3 is 0 Å². The smallest absolute Gasteiger partial charge is 0.251 e. The van der Waals surface area contributed by atoms with Gasteiger partial charge in [-0.3, -0.25) is 4.79 Å². The molecule has 0 aromatic heterocycles. The number of carbonyl (C=O) groups excluding carboxylic acids is 1. The summed E-state index contributed by atoms with van der Waals surface area (Å²) in [5.74, 6) is 0.770. The molecule has 2 aromatic rings. The van der Waals surface area contributed by atoms with E-state index in [4.69, 9.17) is 4.74 Å². The molecule has 4 rings (SSSR count). The van der Waals surface area contributed by atoms with Crippen molar-refractivity contribution in [2.45, 2.75) is 42.5 Å². The fraction of sp³-hybridized carbons (Fsp3) is 0.458. The molecule has 0 unspecified atom stereocenters. The van der Waals surface area contributed by atoms with E-state index in [1.54, 1.807) is 23.9 Å². The maximum atomic E-state index is 13.8. The Morgan fingerprint density at radius 3 is 2.58 bits per heavy atom. The second-order valence-corrected chi connectivity index (χ2v) is 12.0. The highest BCUT2D eigenvalue weighted by atomic mass is 32.2. The number of fused-ring (bicyclic) bond motifs is 1. The van der Waals surface area contributed by atoms with Crippen LogP contribution in [0.25, 0.3) is 0 Å². The number of rotatable bonds is 5. The Kier molecular flexibility index (Phi) is 7.02. The summed E-state index contributed by atoms with van der Waals surface area (Å²) in [6.45, 7) is 4.97. The first-order valence-corrected chi connectivity index (χ1v) is 13.5. The van der Waals surface area contributed by atoms with E-state index in [9.17, 15) is 17.6 Å². The molecule has 0 aliphatic carbocycles. The van der Waals surface area contributed by atoms with Crippen LogP contribution < -0.4 is 10.1 Å². The van der Waals surface area contributed by atoms with Gasteiger partial charge in [0.15, 0.2) is 0 Å². The summed E-state index contributed by atoms with van der Waals surface area (Å²) >= 11 is 1.63. The Labute approximate surface area is 198 Å². The van der Waals surface area contributed by atoms with Gasteiger partial charge in [-0.15, -0.1) is 11.8 Å². The first-order valence-electron chi connectivity index (χ1n) is 11.1. The van der Waals surface area contributed by atoms with Crippen LogP contribution in [-0.2, 0) is 10.0 Å². The highest BCUT2D eigenvalue weighted by Gasteiger charge is 2.34. The molecule has 2 heterocycles. The molecule has 33 heavy (non-hydrogen) atoms. The number of nitrogens with zero attached hydrogens (tertiary/aromatic N) is 1. The van der Waals surface area contributed by atoms with Crippen molar-refractivity contribution in [1.29, 1.82) is 0 Å². The number of halogens is 1. The average molecular weight is 493 g/mol. The maximum Gasteiger partial charge on any atom is 0.251 e. The predicted molar refractivity (Wildman–Crippen MR) is 127 cm³/mol. The largest absolute Gasteiger partial charge is 0.495 e. The van der Waals surface area contributed by atoms with Crippen LogP contribution in [0.1, 0.15) is 48.7 Å². The van der Waals surface area contributed by atoms with E-state index >= 15 is 0 Å². The van der Waals surface area contributed by atoms with Crippen LogP contribution in [-0.4, -0.2) is 44.6 Å². The van der Waals surface area contributed by atoms with Crippen molar-refractivity contribution >= 4 is 27.7 Å². The number of hydrogen-bond donors (Lipinski definition) is 1. The zero-order valence-corrected chi connectivity index (χ0v) is 20.6. The lowest BCUT2D eigenvalue weighted by Gasteiger charge is -2.34. The molecule has 1 amide bonds. The lowest BCUT2D eigenvalue weighted by atomic mass is 9.94. The van der Waals surface area contributed by atoms with E-state index in [0.29, 0.717) is 19.5 Å². The van der Waals surface area contributed by atoms with Crippen LogP contribution in [0.15, 0.2) is 46.2 Å². The highest BCUT2D eigenvalue weighted by Crippen LogP contribution is 2.37. The molecular formula is C24H29FN2O4S2. The lowest BCUT2D eigenvalue weighted by Crippen LogP contribution is -2.42. The molecule has 2 aliphatic rings. The van der Waals surface area contributed by atoms with E-state index in [0.717, 1.165) is 22.6 Å². The van der Waals surface area contributed by atoms with Gasteiger partial charge in [-0.05, 0) is 66.6 Å². The summed E-state index contributed by atoms with van der Waals surface area (Å²) in [4.78, 5) is 14.0. The SMILES string of the molecule is COc1ccc(C(=O)N[C@@H]2CCSc3ccc(F)cc32)cc1S(=O)(=O)N1C[C@H](C)C[C@@H](C)C1. The second kappa shape index (κ2) is 9.64. The Balaban J connectivity index is 1.62. The Morgan fingerprint density at radius 1 is 1.15 bits per heavy atom. The third-order valence-electron chi connectivity index (χ3n) is 6.20. The monoisotopic (exact) mass is 492 g/mol. The Bertz CT molecular complexity index is 1150. The minimum absolute atomic E-state index is 0.00963. The molecule has 2 aliphatic heterocycles. The number of sulfonamides is 1. The minimum atomic E-state index is -3.84. The average Bonchev–Trinajstić information content (AvgIpc) is 2.78. The molecule has 9 heteroatoms. The van der Waals surface area contributed by atoms with Crippen molar-refractivity contribution in [1.82, 2.24) is 9.62 Å². The van der Waals surface area contributed by atoms with Crippen LogP contribution in [0.5, 0.6) is 5.75 Å². The molecule has 0 radical (unpaired) electrons. The summed E-state index contributed by atoms with van der Waals surface area (Å²) in [7, 11) is -2.42. The first-order chi connectivity index (χ1) is 15.7. The van der Waals surface area contributed by atoms with Crippen molar-refractivity contribution in [3.8, 4) is 5.75 Å². The number of carbonyl (C=O) groups is 1. The lowest BCUT2D eigenvalue weighted by molar-refractivity contribution is 0.0934. The van der Waals surface area contributed by atoms with E-state index in [1.165, 1.54) is 35.7 Å². The quantitative estimate of drug-likeness (QED) is 0.667. The number of ether oxygens (including phenoxy) is 1. The second-order valence-electron chi connectivity index (χ2n) is 8.98. The van der Waals surface area contributed by atoms with Gasteiger partial charge in [0.2, 0.25) is 10.0 Å². The van der Waals surface area contributed by atoms with Gasteiger partial charge < -0.3 is 10.1 Å². The van der Waals surface area contributed by atoms with Crippen molar-refractivity contribution in [2.24, 2.45) is 11.8 Å². The minimum Gasteiger partial charge on any atom is -0.495 e. The molecule has 1 N–H and O–H groups in total. The molecule has 6 nitrogen and oxygen atoms in total. The molecule has 1 fully saturated rings. The third-order valence-corrected chi connectivity index (χ3v) is 9.17. The zero-order chi connectivity index (χ0) is 23.8. The van der Waals surface area contributed by atoms with E-state index < -0.39 is 15.9 Å². The number of amides is 1. The molecule has 178 valence electrons. The fourth-order valence-corrected chi connectivity index (χ4v) is 7.68. The zero-order valence-electron chi connectivity index (χ0n) is 19.0. The van der Waals surface area contributed by atoms with Crippen molar-refractivity contribution in [2.75, 3.05) is 26.0 Å². The summed E-state index contributed by atoms with van der Waals surface area (Å²) in [5.41, 5.74) is 0.973. The molecule has 2 aromatic carbocycles. The summed E-state index contributed by atoms with van der Waals surface area (Å²) < 4.78 is 47.6. The van der Waals surface area contributed by atoms with Crippen LogP contribution >= 0.6 is 11.8 Å². The van der Waals surface area contributed by atoms with Gasteiger partial charge in [0.25, 0.3) is 5.91 Å². The normalized spacial score (nSPS) is 23.6. The molecule has 3 atom stereocenters. The van der Waals surface area contributed by atoms with Gasteiger partial charge in [0.05, 0.1) is 13.2 Å². The van der Waals surface area contributed by atoms with Crippen molar-refractivity contribution in [3.63, 3.8) is 0 Å². The van der Waals surface area contributed by atoms with Crippen molar-refractivity contribution in [3.05, 3.63) is 53.3 Å². The summed E-state index contributed by atoms with van der Waals surface area (Å²) in [5, 5.41) is 2.96. The highest BCUT2D eigenvalue weighted by molar-refractivity contribution is 7.99. The fourth-order valence-electron chi connectivity index (χ4n) is 4.72. The van der Waals surface area contributed by atoms with Gasteiger partial charge in [0.1, 0.15) is 16.5 Å². The standard InChI is InChI=1S/C24H29FN2O4S2/c1-15-10-16(2)14-27(13-15)33(29,30)23-11-17(4-6-21(23)31-3)24(28)26-20-8-9-32-22-7-5-18(25)12-19(20)22/h4-7,11-12,15-16,20H,8-10,13-14H2,1-3H3,(H,26,28)/t15-,16-,20-/m1/s1. The number of piperidine rings is 1. The van der Waals surface area contributed by atoms with Crippen LogP contribution in [0.4, 0.5) is 4.39 Å². The molecular weight excluding hydrogens is 463 g/mol. The summed E-state index contributed by atoms with van der Waals surface area (Å²) in [6, 6.07) is 8.72. The van der Waals surface area contributed by atoms with Gasteiger partial charge in [-0.2, -0.15) is 4.31 Å². The molecule has 0 spiro atoms. The third kappa shape index (κ3) is 5.05.